The van der Waals surface area contributed by atoms with Crippen molar-refractivity contribution >= 4 is 24.2 Å². The third-order valence-electron chi connectivity index (χ3n) is 1.75. The molecule has 1 amide bonds. The molecule has 0 heterocycles. The molecule has 2 N–H and O–H groups in total. The number of hydrogen-bond acceptors (Lipinski definition) is 4. The fourth-order valence-corrected chi connectivity index (χ4v) is 0.932. The van der Waals surface area contributed by atoms with E-state index in [0.717, 1.165) is 0 Å². The Kier molecular flexibility index (Phi) is 4.14. The highest BCUT2D eigenvalue weighted by Crippen LogP contribution is 2.09. The van der Waals surface area contributed by atoms with Crippen molar-refractivity contribution in [3.05, 3.63) is 24.3 Å². The SMILES string of the molecule is CCC(=O)N=Nc1cccc(B(O)O)c1. The summed E-state index contributed by atoms with van der Waals surface area (Å²) in [6, 6.07) is 6.24. The quantitative estimate of drug-likeness (QED) is 0.554. The number of amides is 1. The van der Waals surface area contributed by atoms with Crippen LogP contribution in [0.4, 0.5) is 5.69 Å². The van der Waals surface area contributed by atoms with Gasteiger partial charge in [-0.15, -0.1) is 10.2 Å². The number of benzene rings is 1. The first-order chi connectivity index (χ1) is 7.13. The molecule has 0 aliphatic rings. The normalized spacial score (nSPS) is 10.6. The summed E-state index contributed by atoms with van der Waals surface area (Å²) >= 11 is 0. The largest absolute Gasteiger partial charge is 0.488 e. The van der Waals surface area contributed by atoms with Gasteiger partial charge in [-0.3, -0.25) is 4.79 Å². The van der Waals surface area contributed by atoms with Gasteiger partial charge in [0.15, 0.2) is 0 Å². The van der Waals surface area contributed by atoms with Crippen LogP contribution in [0.3, 0.4) is 0 Å². The summed E-state index contributed by atoms with van der Waals surface area (Å²) in [5.41, 5.74) is 0.734. The minimum absolute atomic E-state index is 0.297. The van der Waals surface area contributed by atoms with E-state index in [1.165, 1.54) is 6.07 Å². The van der Waals surface area contributed by atoms with E-state index in [4.69, 9.17) is 10.0 Å². The molecule has 1 rings (SSSR count). The Hall–Kier alpha value is -1.53. The summed E-state index contributed by atoms with van der Waals surface area (Å²) in [4.78, 5) is 10.8. The van der Waals surface area contributed by atoms with E-state index in [1.807, 2.05) is 0 Å². The van der Waals surface area contributed by atoms with E-state index in [1.54, 1.807) is 25.1 Å². The van der Waals surface area contributed by atoms with Crippen molar-refractivity contribution in [3.8, 4) is 0 Å². The Morgan fingerprint density at radius 1 is 1.47 bits per heavy atom. The van der Waals surface area contributed by atoms with Crippen LogP contribution in [-0.2, 0) is 4.79 Å². The topological polar surface area (TPSA) is 82.2 Å². The van der Waals surface area contributed by atoms with Gasteiger partial charge >= 0.3 is 7.12 Å². The molecule has 78 valence electrons. The van der Waals surface area contributed by atoms with Gasteiger partial charge in [0, 0.05) is 6.42 Å². The Morgan fingerprint density at radius 3 is 2.80 bits per heavy atom. The molecule has 0 spiro atoms. The molecular formula is C9H11BN2O3. The second kappa shape index (κ2) is 5.38. The molecule has 0 unspecified atom stereocenters. The van der Waals surface area contributed by atoms with Gasteiger partial charge in [0.25, 0.3) is 5.91 Å². The van der Waals surface area contributed by atoms with Gasteiger partial charge in [-0.2, -0.15) is 0 Å². The van der Waals surface area contributed by atoms with Crippen LogP contribution in [0.25, 0.3) is 0 Å². The van der Waals surface area contributed by atoms with Gasteiger partial charge in [0.2, 0.25) is 0 Å². The van der Waals surface area contributed by atoms with Crippen molar-refractivity contribution in [2.24, 2.45) is 10.2 Å². The van der Waals surface area contributed by atoms with Crippen LogP contribution in [0.15, 0.2) is 34.5 Å². The van der Waals surface area contributed by atoms with E-state index in [9.17, 15) is 4.79 Å². The Labute approximate surface area is 87.6 Å². The highest BCUT2D eigenvalue weighted by molar-refractivity contribution is 6.58. The highest BCUT2D eigenvalue weighted by atomic mass is 16.4. The van der Waals surface area contributed by atoms with E-state index in [2.05, 4.69) is 10.2 Å². The van der Waals surface area contributed by atoms with Crippen molar-refractivity contribution in [2.45, 2.75) is 13.3 Å². The van der Waals surface area contributed by atoms with Gasteiger partial charge in [0.05, 0.1) is 5.69 Å². The lowest BCUT2D eigenvalue weighted by molar-refractivity contribution is -0.117. The monoisotopic (exact) mass is 206 g/mol. The average molecular weight is 206 g/mol. The Bertz CT molecular complexity index is 379. The van der Waals surface area contributed by atoms with Crippen molar-refractivity contribution in [1.29, 1.82) is 0 Å². The van der Waals surface area contributed by atoms with Gasteiger partial charge in [0.1, 0.15) is 0 Å². The summed E-state index contributed by atoms with van der Waals surface area (Å²) in [6.07, 6.45) is 0.297. The van der Waals surface area contributed by atoms with Crippen molar-refractivity contribution in [2.75, 3.05) is 0 Å². The van der Waals surface area contributed by atoms with Crippen LogP contribution in [0.1, 0.15) is 13.3 Å². The summed E-state index contributed by atoms with van der Waals surface area (Å²) in [5.74, 6) is -0.315. The zero-order chi connectivity index (χ0) is 11.3. The van der Waals surface area contributed by atoms with Gasteiger partial charge < -0.3 is 10.0 Å². The smallest absolute Gasteiger partial charge is 0.423 e. The predicted octanol–water partition coefficient (Wildman–Crippen LogP) is 0.387. The molecule has 5 nitrogen and oxygen atoms in total. The van der Waals surface area contributed by atoms with Crippen LogP contribution in [0.5, 0.6) is 0 Å². The zero-order valence-corrected chi connectivity index (χ0v) is 8.29. The fraction of sp³-hybridized carbons (Fsp3) is 0.222. The van der Waals surface area contributed by atoms with Crippen molar-refractivity contribution in [3.63, 3.8) is 0 Å². The average Bonchev–Trinajstić information content (AvgIpc) is 2.26. The van der Waals surface area contributed by atoms with Gasteiger partial charge in [-0.1, -0.05) is 19.1 Å². The number of hydrogen-bond donors (Lipinski definition) is 2. The van der Waals surface area contributed by atoms with Crippen LogP contribution in [0, 0.1) is 0 Å². The summed E-state index contributed by atoms with van der Waals surface area (Å²) in [5, 5.41) is 24.9. The number of carbonyl (C=O) groups excluding carboxylic acids is 1. The fourth-order valence-electron chi connectivity index (χ4n) is 0.932. The van der Waals surface area contributed by atoms with Crippen LogP contribution in [-0.4, -0.2) is 23.1 Å². The molecule has 15 heavy (non-hydrogen) atoms. The minimum Gasteiger partial charge on any atom is -0.423 e. The number of nitrogens with zero attached hydrogens (tertiary/aromatic N) is 2. The maximum Gasteiger partial charge on any atom is 0.488 e. The molecule has 0 aliphatic carbocycles. The summed E-state index contributed by atoms with van der Waals surface area (Å²) < 4.78 is 0. The minimum atomic E-state index is -1.54. The lowest BCUT2D eigenvalue weighted by atomic mass is 9.80. The summed E-state index contributed by atoms with van der Waals surface area (Å²) in [6.45, 7) is 1.69. The molecule has 1 aromatic carbocycles. The molecule has 0 radical (unpaired) electrons. The van der Waals surface area contributed by atoms with Crippen molar-refractivity contribution in [1.82, 2.24) is 0 Å². The molecule has 0 atom stereocenters. The number of carbonyl (C=O) groups is 1. The van der Waals surface area contributed by atoms with Crippen molar-refractivity contribution < 1.29 is 14.8 Å². The molecular weight excluding hydrogens is 195 g/mol. The lowest BCUT2D eigenvalue weighted by Crippen LogP contribution is -2.29. The lowest BCUT2D eigenvalue weighted by Gasteiger charge is -1.98. The molecule has 0 aliphatic heterocycles. The van der Waals surface area contributed by atoms with Crippen LogP contribution < -0.4 is 5.46 Å². The molecule has 0 aromatic heterocycles. The van der Waals surface area contributed by atoms with Crippen LogP contribution >= 0.6 is 0 Å². The molecule has 0 bridgehead atoms. The van der Waals surface area contributed by atoms with E-state index in [0.29, 0.717) is 17.6 Å². The molecule has 0 saturated heterocycles. The first kappa shape index (κ1) is 11.5. The Balaban J connectivity index is 2.82. The standard InChI is InChI=1S/C9H11BN2O3/c1-2-9(13)12-11-8-5-3-4-7(6-8)10(14)15/h3-6,14-15H,2H2,1H3. The van der Waals surface area contributed by atoms with Gasteiger partial charge in [-0.25, -0.2) is 0 Å². The second-order valence-corrected chi connectivity index (χ2v) is 2.92. The maximum absolute atomic E-state index is 10.8. The first-order valence-electron chi connectivity index (χ1n) is 4.54. The first-order valence-corrected chi connectivity index (χ1v) is 4.54. The van der Waals surface area contributed by atoms with Gasteiger partial charge in [-0.05, 0) is 17.6 Å². The predicted molar refractivity (Wildman–Crippen MR) is 56.1 cm³/mol. The number of azo groups is 1. The van der Waals surface area contributed by atoms with E-state index < -0.39 is 7.12 Å². The van der Waals surface area contributed by atoms with E-state index in [-0.39, 0.29) is 5.91 Å². The molecule has 1 aromatic rings. The third kappa shape index (κ3) is 3.61. The number of rotatable bonds is 3. The highest BCUT2D eigenvalue weighted by Gasteiger charge is 2.10. The molecule has 0 saturated carbocycles. The van der Waals surface area contributed by atoms with E-state index >= 15 is 0 Å². The third-order valence-corrected chi connectivity index (χ3v) is 1.75. The second-order valence-electron chi connectivity index (χ2n) is 2.92. The van der Waals surface area contributed by atoms with Crippen LogP contribution in [0.2, 0.25) is 0 Å². The zero-order valence-electron chi connectivity index (χ0n) is 8.29. The molecule has 0 fully saturated rings. The summed E-state index contributed by atoms with van der Waals surface area (Å²) in [7, 11) is -1.54. The molecule has 6 heteroatoms. The maximum atomic E-state index is 10.8. The Morgan fingerprint density at radius 2 is 2.20 bits per heavy atom.